The smallest absolute Gasteiger partial charge is 0.266 e. The molecule has 0 aliphatic heterocycles. The van der Waals surface area contributed by atoms with E-state index < -0.39 is 0 Å². The van der Waals surface area contributed by atoms with Crippen LogP contribution in [0.25, 0.3) is 16.7 Å². The highest BCUT2D eigenvalue weighted by atomic mass is 127. The van der Waals surface area contributed by atoms with E-state index in [0.29, 0.717) is 28.0 Å². The van der Waals surface area contributed by atoms with Gasteiger partial charge in [0.25, 0.3) is 5.56 Å². The molecule has 9 nitrogen and oxygen atoms in total. The van der Waals surface area contributed by atoms with E-state index in [4.69, 9.17) is 11.6 Å². The molecule has 4 rings (SSSR count). The molecule has 0 saturated carbocycles. The first-order chi connectivity index (χ1) is 13.4. The van der Waals surface area contributed by atoms with Gasteiger partial charge in [-0.15, -0.1) is 5.10 Å². The summed E-state index contributed by atoms with van der Waals surface area (Å²) < 4.78 is 3.82. The van der Waals surface area contributed by atoms with Crippen LogP contribution in [0, 0.1) is 3.57 Å². The van der Waals surface area contributed by atoms with Crippen molar-refractivity contribution in [2.45, 2.75) is 13.0 Å². The van der Waals surface area contributed by atoms with Gasteiger partial charge in [-0.1, -0.05) is 11.6 Å². The minimum Gasteiger partial charge on any atom is -0.360 e. The Kier molecular flexibility index (Phi) is 4.98. The van der Waals surface area contributed by atoms with Crippen LogP contribution in [0.3, 0.4) is 0 Å². The maximum atomic E-state index is 11.6. The molecule has 0 aliphatic rings. The van der Waals surface area contributed by atoms with Gasteiger partial charge in [0.2, 0.25) is 0 Å². The van der Waals surface area contributed by atoms with E-state index in [9.17, 15) is 4.79 Å². The summed E-state index contributed by atoms with van der Waals surface area (Å²) in [4.78, 5) is 24.6. The third-order valence-corrected chi connectivity index (χ3v) is 5.05. The molecule has 0 radical (unpaired) electrons. The van der Waals surface area contributed by atoms with Crippen LogP contribution in [0.15, 0.2) is 41.7 Å². The van der Waals surface area contributed by atoms with Crippen LogP contribution in [-0.4, -0.2) is 34.5 Å². The summed E-state index contributed by atoms with van der Waals surface area (Å²) in [6.07, 6.45) is 2.91. The lowest BCUT2D eigenvalue weighted by Crippen LogP contribution is -2.22. The second kappa shape index (κ2) is 7.43. The molecular formula is C17H14ClIN8O. The van der Waals surface area contributed by atoms with Gasteiger partial charge in [0.1, 0.15) is 18.5 Å². The third-order valence-electron chi connectivity index (χ3n) is 4.14. The van der Waals surface area contributed by atoms with E-state index in [2.05, 4.69) is 53.1 Å². The van der Waals surface area contributed by atoms with Crippen molar-refractivity contribution in [3.63, 3.8) is 0 Å². The van der Waals surface area contributed by atoms with E-state index in [1.165, 1.54) is 23.4 Å². The molecule has 28 heavy (non-hydrogen) atoms. The number of hydrogen-bond donors (Lipinski definition) is 1. The fourth-order valence-electron chi connectivity index (χ4n) is 2.80. The number of aryl methyl sites for hydroxylation is 1. The summed E-state index contributed by atoms with van der Waals surface area (Å²) >= 11 is 8.52. The first-order valence-corrected chi connectivity index (χ1v) is 9.70. The fourth-order valence-corrected chi connectivity index (χ4v) is 3.88. The molecule has 0 amide bonds. The standard InChI is InChI=1S/C17H14ClIN8O/c1-9(17-22-8-23-27(17)13-3-4-14(28)26(2)25-13)24-16-11-5-10(19)6-12(18)15(11)20-7-21-16/h3-9H,1-2H3,(H,20,21,24)/t9-/m0/s1. The van der Waals surface area contributed by atoms with E-state index in [0.717, 1.165) is 8.96 Å². The third kappa shape index (κ3) is 3.44. The maximum absolute atomic E-state index is 11.6. The van der Waals surface area contributed by atoms with Crippen molar-refractivity contribution in [1.29, 1.82) is 0 Å². The Morgan fingerprint density at radius 2 is 2.00 bits per heavy atom. The van der Waals surface area contributed by atoms with Gasteiger partial charge in [-0.3, -0.25) is 4.79 Å². The van der Waals surface area contributed by atoms with Crippen LogP contribution < -0.4 is 10.9 Å². The normalized spacial score (nSPS) is 12.3. The number of nitrogens with zero attached hydrogens (tertiary/aromatic N) is 7. The molecule has 11 heteroatoms. The number of nitrogens with one attached hydrogen (secondary N) is 1. The highest BCUT2D eigenvalue weighted by Crippen LogP contribution is 2.30. The zero-order valence-electron chi connectivity index (χ0n) is 14.8. The summed E-state index contributed by atoms with van der Waals surface area (Å²) in [6.45, 7) is 1.94. The summed E-state index contributed by atoms with van der Waals surface area (Å²) in [5.74, 6) is 1.75. The van der Waals surface area contributed by atoms with Crippen LogP contribution in [0.2, 0.25) is 5.02 Å². The quantitative estimate of drug-likeness (QED) is 0.423. The van der Waals surface area contributed by atoms with Gasteiger partial charge >= 0.3 is 0 Å². The molecule has 0 spiro atoms. The minimum atomic E-state index is -0.253. The lowest BCUT2D eigenvalue weighted by molar-refractivity contribution is 0.646. The Morgan fingerprint density at radius 3 is 2.79 bits per heavy atom. The van der Waals surface area contributed by atoms with Gasteiger partial charge in [0.15, 0.2) is 11.6 Å². The van der Waals surface area contributed by atoms with Crippen molar-refractivity contribution in [3.8, 4) is 5.82 Å². The fraction of sp³-hybridized carbons (Fsp3) is 0.176. The van der Waals surface area contributed by atoms with Crippen molar-refractivity contribution in [2.75, 3.05) is 5.32 Å². The number of hydrogen-bond acceptors (Lipinski definition) is 7. The van der Waals surface area contributed by atoms with Crippen molar-refractivity contribution in [1.82, 2.24) is 34.5 Å². The summed E-state index contributed by atoms with van der Waals surface area (Å²) in [7, 11) is 1.59. The minimum absolute atomic E-state index is 0.199. The molecule has 0 aliphatic carbocycles. The molecule has 3 aromatic heterocycles. The molecule has 0 bridgehead atoms. The van der Waals surface area contributed by atoms with Gasteiger partial charge in [-0.2, -0.15) is 9.78 Å². The van der Waals surface area contributed by atoms with E-state index in [1.807, 2.05) is 19.1 Å². The van der Waals surface area contributed by atoms with Gasteiger partial charge in [-0.25, -0.2) is 19.6 Å². The Morgan fingerprint density at radius 1 is 1.18 bits per heavy atom. The topological polar surface area (TPSA) is 103 Å². The Labute approximate surface area is 177 Å². The van der Waals surface area contributed by atoms with Gasteiger partial charge < -0.3 is 5.32 Å². The number of rotatable bonds is 4. The van der Waals surface area contributed by atoms with Gasteiger partial charge in [0, 0.05) is 22.1 Å². The van der Waals surface area contributed by atoms with Gasteiger partial charge in [0.05, 0.1) is 16.6 Å². The predicted molar refractivity (Wildman–Crippen MR) is 114 cm³/mol. The summed E-state index contributed by atoms with van der Waals surface area (Å²) in [6, 6.07) is 6.61. The van der Waals surface area contributed by atoms with Crippen molar-refractivity contribution < 1.29 is 0 Å². The average molecular weight is 509 g/mol. The number of fused-ring (bicyclic) bond motifs is 1. The molecule has 0 saturated heterocycles. The summed E-state index contributed by atoms with van der Waals surface area (Å²) in [5, 5.41) is 13.2. The van der Waals surface area contributed by atoms with Crippen molar-refractivity contribution in [3.05, 3.63) is 61.7 Å². The van der Waals surface area contributed by atoms with E-state index >= 15 is 0 Å². The average Bonchev–Trinajstić information content (AvgIpc) is 3.14. The highest BCUT2D eigenvalue weighted by Gasteiger charge is 2.18. The highest BCUT2D eigenvalue weighted by molar-refractivity contribution is 14.1. The largest absolute Gasteiger partial charge is 0.360 e. The Balaban J connectivity index is 1.72. The Bertz CT molecular complexity index is 1240. The number of anilines is 1. The van der Waals surface area contributed by atoms with Gasteiger partial charge in [-0.05, 0) is 47.7 Å². The second-order valence-corrected chi connectivity index (χ2v) is 7.71. The molecule has 1 aromatic carbocycles. The second-order valence-electron chi connectivity index (χ2n) is 6.06. The van der Waals surface area contributed by atoms with Crippen molar-refractivity contribution >= 4 is 50.9 Å². The predicted octanol–water partition coefficient (Wildman–Crippen LogP) is 2.74. The lowest BCUT2D eigenvalue weighted by Gasteiger charge is -2.16. The van der Waals surface area contributed by atoms with Crippen LogP contribution in [0.5, 0.6) is 0 Å². The number of benzene rings is 1. The zero-order valence-corrected chi connectivity index (χ0v) is 17.7. The van der Waals surface area contributed by atoms with Crippen LogP contribution in [0.1, 0.15) is 18.8 Å². The molecule has 1 atom stereocenters. The Hall–Kier alpha value is -2.60. The van der Waals surface area contributed by atoms with Crippen molar-refractivity contribution in [2.24, 2.45) is 7.05 Å². The summed E-state index contributed by atoms with van der Waals surface area (Å²) in [5.41, 5.74) is 0.475. The number of aromatic nitrogens is 7. The van der Waals surface area contributed by atoms with E-state index in [1.54, 1.807) is 17.8 Å². The molecule has 4 aromatic rings. The lowest BCUT2D eigenvalue weighted by atomic mass is 10.2. The van der Waals surface area contributed by atoms with Crippen LogP contribution >= 0.6 is 34.2 Å². The molecule has 1 N–H and O–H groups in total. The monoisotopic (exact) mass is 508 g/mol. The molecule has 3 heterocycles. The first kappa shape index (κ1) is 18.7. The van der Waals surface area contributed by atoms with Crippen LogP contribution in [-0.2, 0) is 7.05 Å². The maximum Gasteiger partial charge on any atom is 0.266 e. The molecular weight excluding hydrogens is 495 g/mol. The zero-order chi connectivity index (χ0) is 19.8. The SMILES string of the molecule is C[C@H](Nc1ncnc2c(Cl)cc(I)cc12)c1ncnn1-c1ccc(=O)n(C)n1. The van der Waals surface area contributed by atoms with E-state index in [-0.39, 0.29) is 11.6 Å². The molecule has 0 fully saturated rings. The first-order valence-electron chi connectivity index (χ1n) is 8.25. The molecule has 142 valence electrons. The van der Waals surface area contributed by atoms with Crippen LogP contribution in [0.4, 0.5) is 5.82 Å². The molecule has 0 unspecified atom stereocenters. The number of halogens is 2.